The first kappa shape index (κ1) is 17.9. The molecule has 0 fully saturated rings. The van der Waals surface area contributed by atoms with Crippen molar-refractivity contribution in [1.29, 1.82) is 0 Å². The summed E-state index contributed by atoms with van der Waals surface area (Å²) >= 11 is 0. The second-order valence-corrected chi connectivity index (χ2v) is 7.25. The monoisotopic (exact) mass is 349 g/mol. The molecular formula is C16H19N3O4S. The van der Waals surface area contributed by atoms with Gasteiger partial charge in [0.05, 0.1) is 5.75 Å². The molecule has 0 aliphatic rings. The van der Waals surface area contributed by atoms with E-state index in [1.807, 2.05) is 0 Å². The fraction of sp³-hybridized carbons (Fsp3) is 0.250. The topological polar surface area (TPSA) is 97.3 Å². The SMILES string of the molecule is CNS(=O)(=O)Cc1ccc(CNC(=O)c2ccn(C)c(=O)c2)cc1. The van der Waals surface area contributed by atoms with Gasteiger partial charge in [0.25, 0.3) is 11.5 Å². The summed E-state index contributed by atoms with van der Waals surface area (Å²) in [5.41, 5.74) is 1.54. The third-order valence-corrected chi connectivity index (χ3v) is 4.85. The van der Waals surface area contributed by atoms with Crippen LogP contribution in [0.3, 0.4) is 0 Å². The Morgan fingerprint density at radius 1 is 1.12 bits per heavy atom. The highest BCUT2D eigenvalue weighted by Gasteiger charge is 2.09. The molecule has 1 aromatic heterocycles. The van der Waals surface area contributed by atoms with Crippen LogP contribution >= 0.6 is 0 Å². The van der Waals surface area contributed by atoms with Crippen molar-refractivity contribution in [2.75, 3.05) is 7.05 Å². The van der Waals surface area contributed by atoms with Gasteiger partial charge in [-0.2, -0.15) is 0 Å². The molecule has 2 rings (SSSR count). The standard InChI is InChI=1S/C16H19N3O4S/c1-17-24(22,23)11-13-5-3-12(4-6-13)10-18-16(21)14-7-8-19(2)15(20)9-14/h3-9,17H,10-11H2,1-2H3,(H,18,21). The molecule has 0 bridgehead atoms. The van der Waals surface area contributed by atoms with Gasteiger partial charge >= 0.3 is 0 Å². The maximum Gasteiger partial charge on any atom is 0.251 e. The average Bonchev–Trinajstić information content (AvgIpc) is 2.56. The van der Waals surface area contributed by atoms with Gasteiger partial charge in [-0.1, -0.05) is 24.3 Å². The normalized spacial score (nSPS) is 11.2. The Morgan fingerprint density at radius 2 is 1.75 bits per heavy atom. The number of carbonyl (C=O) groups excluding carboxylic acids is 1. The highest BCUT2D eigenvalue weighted by Crippen LogP contribution is 2.08. The number of sulfonamides is 1. The van der Waals surface area contributed by atoms with Crippen LogP contribution < -0.4 is 15.6 Å². The number of nitrogens with zero attached hydrogens (tertiary/aromatic N) is 1. The largest absolute Gasteiger partial charge is 0.348 e. The molecule has 0 spiro atoms. The lowest BCUT2D eigenvalue weighted by atomic mass is 10.1. The average molecular weight is 349 g/mol. The molecule has 0 atom stereocenters. The van der Waals surface area contributed by atoms with Crippen LogP contribution in [0.4, 0.5) is 0 Å². The zero-order valence-electron chi connectivity index (χ0n) is 13.4. The number of nitrogens with one attached hydrogen (secondary N) is 2. The van der Waals surface area contributed by atoms with E-state index in [-0.39, 0.29) is 23.8 Å². The summed E-state index contributed by atoms with van der Waals surface area (Å²) in [5, 5.41) is 2.72. The maximum atomic E-state index is 12.0. The van der Waals surface area contributed by atoms with Crippen LogP contribution in [0.25, 0.3) is 0 Å². The number of hydrogen-bond acceptors (Lipinski definition) is 4. The van der Waals surface area contributed by atoms with Crippen LogP contribution in [-0.4, -0.2) is 25.9 Å². The highest BCUT2D eigenvalue weighted by molar-refractivity contribution is 7.88. The van der Waals surface area contributed by atoms with Gasteiger partial charge in [-0.05, 0) is 24.2 Å². The lowest BCUT2D eigenvalue weighted by Gasteiger charge is -2.07. The summed E-state index contributed by atoms with van der Waals surface area (Å²) in [6.45, 7) is 0.285. The van der Waals surface area contributed by atoms with Crippen molar-refractivity contribution in [3.05, 3.63) is 69.6 Å². The minimum absolute atomic E-state index is 0.0938. The number of carbonyl (C=O) groups is 1. The second-order valence-electron chi connectivity index (χ2n) is 5.33. The van der Waals surface area contributed by atoms with Gasteiger partial charge < -0.3 is 9.88 Å². The molecule has 0 radical (unpaired) electrons. The Morgan fingerprint density at radius 3 is 2.33 bits per heavy atom. The van der Waals surface area contributed by atoms with E-state index < -0.39 is 10.0 Å². The van der Waals surface area contributed by atoms with Crippen molar-refractivity contribution < 1.29 is 13.2 Å². The Bertz CT molecular complexity index is 886. The van der Waals surface area contributed by atoms with Crippen LogP contribution in [0.15, 0.2) is 47.4 Å². The molecule has 7 nitrogen and oxygen atoms in total. The van der Waals surface area contributed by atoms with Gasteiger partial charge in [-0.3, -0.25) is 9.59 Å². The van der Waals surface area contributed by atoms with Gasteiger partial charge in [0.1, 0.15) is 0 Å². The number of amides is 1. The van der Waals surface area contributed by atoms with E-state index in [0.29, 0.717) is 11.1 Å². The first-order valence-electron chi connectivity index (χ1n) is 7.24. The van der Waals surface area contributed by atoms with Crippen LogP contribution in [0.1, 0.15) is 21.5 Å². The molecule has 0 unspecified atom stereocenters. The Labute approximate surface area is 140 Å². The van der Waals surface area contributed by atoms with Gasteiger partial charge in [0.15, 0.2) is 0 Å². The molecule has 0 saturated carbocycles. The molecule has 0 aliphatic heterocycles. The summed E-state index contributed by atoms with van der Waals surface area (Å²) in [5.74, 6) is -0.432. The molecule has 1 heterocycles. The van der Waals surface area contributed by atoms with Crippen molar-refractivity contribution >= 4 is 15.9 Å². The summed E-state index contributed by atoms with van der Waals surface area (Å²) in [7, 11) is -0.324. The number of hydrogen-bond donors (Lipinski definition) is 2. The summed E-state index contributed by atoms with van der Waals surface area (Å²) in [6.07, 6.45) is 1.54. The van der Waals surface area contributed by atoms with E-state index in [4.69, 9.17) is 0 Å². The van der Waals surface area contributed by atoms with E-state index in [1.54, 1.807) is 37.4 Å². The van der Waals surface area contributed by atoms with E-state index >= 15 is 0 Å². The highest BCUT2D eigenvalue weighted by atomic mass is 32.2. The summed E-state index contributed by atoms with van der Waals surface area (Å²) < 4.78 is 26.6. The van der Waals surface area contributed by atoms with Crippen LogP contribution in [0, 0.1) is 0 Å². The first-order valence-corrected chi connectivity index (χ1v) is 8.90. The number of benzene rings is 1. The maximum absolute atomic E-state index is 12.0. The summed E-state index contributed by atoms with van der Waals surface area (Å²) in [4.78, 5) is 23.6. The molecule has 128 valence electrons. The number of pyridine rings is 1. The van der Waals surface area contributed by atoms with Crippen LogP contribution in [0.2, 0.25) is 0 Å². The molecule has 1 amide bonds. The van der Waals surface area contributed by atoms with E-state index in [9.17, 15) is 18.0 Å². The molecular weight excluding hydrogens is 330 g/mol. The van der Waals surface area contributed by atoms with Crippen molar-refractivity contribution in [2.45, 2.75) is 12.3 Å². The molecule has 24 heavy (non-hydrogen) atoms. The minimum Gasteiger partial charge on any atom is -0.348 e. The predicted octanol–water partition coefficient (Wildman–Crippen LogP) is 0.364. The zero-order valence-corrected chi connectivity index (χ0v) is 14.3. The summed E-state index contributed by atoms with van der Waals surface area (Å²) in [6, 6.07) is 9.77. The first-order chi connectivity index (χ1) is 11.3. The molecule has 2 aromatic rings. The fourth-order valence-corrected chi connectivity index (χ4v) is 2.79. The van der Waals surface area contributed by atoms with Gasteiger partial charge in [-0.15, -0.1) is 0 Å². The van der Waals surface area contributed by atoms with Crippen LogP contribution in [0.5, 0.6) is 0 Å². The quantitative estimate of drug-likeness (QED) is 0.787. The Kier molecular flexibility index (Phi) is 5.53. The lowest BCUT2D eigenvalue weighted by molar-refractivity contribution is 0.0950. The van der Waals surface area contributed by atoms with Crippen LogP contribution in [-0.2, 0) is 29.4 Å². The second kappa shape index (κ2) is 7.41. The smallest absolute Gasteiger partial charge is 0.251 e. The fourth-order valence-electron chi connectivity index (χ4n) is 2.02. The van der Waals surface area contributed by atoms with Crippen molar-refractivity contribution in [3.63, 3.8) is 0 Å². The van der Waals surface area contributed by atoms with E-state index in [1.165, 1.54) is 23.9 Å². The van der Waals surface area contributed by atoms with Crippen molar-refractivity contribution in [1.82, 2.24) is 14.6 Å². The Hall–Kier alpha value is -2.45. The van der Waals surface area contributed by atoms with E-state index in [2.05, 4.69) is 10.0 Å². The third-order valence-electron chi connectivity index (χ3n) is 3.51. The molecule has 0 aliphatic carbocycles. The van der Waals surface area contributed by atoms with Gasteiger partial charge in [0, 0.05) is 31.4 Å². The van der Waals surface area contributed by atoms with Crippen molar-refractivity contribution in [3.8, 4) is 0 Å². The van der Waals surface area contributed by atoms with Crippen molar-refractivity contribution in [2.24, 2.45) is 7.05 Å². The molecule has 8 heteroatoms. The Balaban J connectivity index is 1.98. The molecule has 1 aromatic carbocycles. The lowest BCUT2D eigenvalue weighted by Crippen LogP contribution is -2.25. The van der Waals surface area contributed by atoms with Gasteiger partial charge in [-0.25, -0.2) is 13.1 Å². The molecule has 2 N–H and O–H groups in total. The third kappa shape index (κ3) is 4.77. The zero-order chi connectivity index (χ0) is 17.7. The predicted molar refractivity (Wildman–Crippen MR) is 91.0 cm³/mol. The minimum atomic E-state index is -3.31. The number of rotatable bonds is 6. The van der Waals surface area contributed by atoms with E-state index in [0.717, 1.165) is 5.56 Å². The number of aromatic nitrogens is 1. The number of aryl methyl sites for hydroxylation is 1. The van der Waals surface area contributed by atoms with Gasteiger partial charge in [0.2, 0.25) is 10.0 Å². The molecule has 0 saturated heterocycles.